The van der Waals surface area contributed by atoms with Crippen LogP contribution in [0.4, 0.5) is 0 Å². The maximum absolute atomic E-state index is 12.2. The zero-order valence-electron chi connectivity index (χ0n) is 11.5. The molecule has 0 aliphatic heterocycles. The van der Waals surface area contributed by atoms with E-state index in [0.717, 1.165) is 18.8 Å². The number of halogens is 1. The number of nitrogens with one attached hydrogen (secondary N) is 1. The van der Waals surface area contributed by atoms with Crippen LogP contribution in [0.5, 0.6) is 0 Å². The van der Waals surface area contributed by atoms with E-state index in [0.29, 0.717) is 24.4 Å². The minimum absolute atomic E-state index is 0.186. The maximum atomic E-state index is 12.2. The molecule has 1 aromatic rings. The number of rotatable bonds is 3. The van der Waals surface area contributed by atoms with Crippen molar-refractivity contribution >= 4 is 11.6 Å². The fourth-order valence-electron chi connectivity index (χ4n) is 2.83. The minimum Gasteiger partial charge on any atom is -0.297 e. The third-order valence-corrected chi connectivity index (χ3v) is 4.48. The predicted octanol–water partition coefficient (Wildman–Crippen LogP) is 2.58. The van der Waals surface area contributed by atoms with E-state index in [1.807, 2.05) is 6.92 Å². The van der Waals surface area contributed by atoms with Gasteiger partial charge in [0.1, 0.15) is 5.15 Å². The topological polar surface area (TPSA) is 54.9 Å². The lowest BCUT2D eigenvalue weighted by molar-refractivity contribution is 0.260. The highest BCUT2D eigenvalue weighted by atomic mass is 35.5. The molecule has 1 fully saturated rings. The van der Waals surface area contributed by atoms with E-state index in [2.05, 4.69) is 11.9 Å². The molecule has 1 saturated carbocycles. The van der Waals surface area contributed by atoms with Gasteiger partial charge in [-0.15, -0.1) is 0 Å². The zero-order valence-corrected chi connectivity index (χ0v) is 12.3. The van der Waals surface area contributed by atoms with Gasteiger partial charge in [-0.2, -0.15) is 0 Å². The number of hydrogen-bond donors (Lipinski definition) is 1. The molecule has 1 aliphatic carbocycles. The van der Waals surface area contributed by atoms with Crippen LogP contribution in [-0.2, 0) is 13.0 Å². The summed E-state index contributed by atoms with van der Waals surface area (Å²) in [6.07, 6.45) is 5.10. The number of hydrogen-bond acceptors (Lipinski definition) is 2. The van der Waals surface area contributed by atoms with Crippen LogP contribution in [0.25, 0.3) is 0 Å². The van der Waals surface area contributed by atoms with Gasteiger partial charge >= 0.3 is 5.69 Å². The molecule has 0 radical (unpaired) electrons. The molecule has 0 saturated heterocycles. The predicted molar refractivity (Wildman–Crippen MR) is 76.8 cm³/mol. The van der Waals surface area contributed by atoms with Gasteiger partial charge in [0, 0.05) is 6.54 Å². The molecule has 4 nitrogen and oxygen atoms in total. The Hall–Kier alpha value is -1.03. The first-order chi connectivity index (χ1) is 9.02. The van der Waals surface area contributed by atoms with Gasteiger partial charge in [-0.3, -0.25) is 14.3 Å². The van der Waals surface area contributed by atoms with Crippen LogP contribution < -0.4 is 11.2 Å². The number of aromatic nitrogens is 2. The van der Waals surface area contributed by atoms with Gasteiger partial charge in [0.05, 0.1) is 5.56 Å². The second-order valence-corrected chi connectivity index (χ2v) is 6.00. The van der Waals surface area contributed by atoms with Gasteiger partial charge < -0.3 is 0 Å². The van der Waals surface area contributed by atoms with E-state index in [4.69, 9.17) is 11.6 Å². The van der Waals surface area contributed by atoms with Gasteiger partial charge in [0.25, 0.3) is 5.56 Å². The standard InChI is InChI=1S/C14H21ClN2O2/c1-3-11-12(15)16-14(19)17(13(11)18)8-10-6-4-9(2)5-7-10/h9-10H,3-8H2,1-2H3,(H,16,19). The molecule has 106 valence electrons. The Kier molecular flexibility index (Phi) is 4.50. The molecule has 0 spiro atoms. The third-order valence-electron chi connectivity index (χ3n) is 4.16. The van der Waals surface area contributed by atoms with E-state index in [-0.39, 0.29) is 16.4 Å². The van der Waals surface area contributed by atoms with E-state index < -0.39 is 0 Å². The summed E-state index contributed by atoms with van der Waals surface area (Å²) in [6, 6.07) is 0. The van der Waals surface area contributed by atoms with Crippen LogP contribution in [0.1, 0.15) is 45.1 Å². The van der Waals surface area contributed by atoms with E-state index in [1.54, 1.807) is 0 Å². The fraction of sp³-hybridized carbons (Fsp3) is 0.714. The Balaban J connectivity index is 2.25. The van der Waals surface area contributed by atoms with Crippen LogP contribution >= 0.6 is 11.6 Å². The molecular weight excluding hydrogens is 264 g/mol. The fourth-order valence-corrected chi connectivity index (χ4v) is 3.12. The molecule has 1 aromatic heterocycles. The monoisotopic (exact) mass is 284 g/mol. The lowest BCUT2D eigenvalue weighted by Gasteiger charge is -2.26. The first-order valence-corrected chi connectivity index (χ1v) is 7.42. The Bertz CT molecular complexity index is 554. The summed E-state index contributed by atoms with van der Waals surface area (Å²) in [4.78, 5) is 26.7. The summed E-state index contributed by atoms with van der Waals surface area (Å²) < 4.78 is 1.32. The Morgan fingerprint density at radius 1 is 1.26 bits per heavy atom. The first kappa shape index (κ1) is 14.4. The van der Waals surface area contributed by atoms with Gasteiger partial charge in [0.2, 0.25) is 0 Å². The SMILES string of the molecule is CCc1c(Cl)[nH]c(=O)n(CC2CCC(C)CC2)c1=O. The van der Waals surface area contributed by atoms with Crippen molar-refractivity contribution in [3.8, 4) is 0 Å². The van der Waals surface area contributed by atoms with Crippen molar-refractivity contribution in [2.45, 2.75) is 52.5 Å². The molecule has 19 heavy (non-hydrogen) atoms. The first-order valence-electron chi connectivity index (χ1n) is 7.04. The van der Waals surface area contributed by atoms with Crippen molar-refractivity contribution in [2.24, 2.45) is 11.8 Å². The minimum atomic E-state index is -0.383. The van der Waals surface area contributed by atoms with Gasteiger partial charge in [-0.05, 0) is 31.1 Å². The summed E-state index contributed by atoms with van der Waals surface area (Å²) in [5.41, 5.74) is -0.105. The second kappa shape index (κ2) is 5.95. The van der Waals surface area contributed by atoms with E-state index in [1.165, 1.54) is 17.4 Å². The molecule has 1 N–H and O–H groups in total. The smallest absolute Gasteiger partial charge is 0.297 e. The average Bonchev–Trinajstić information content (AvgIpc) is 2.37. The van der Waals surface area contributed by atoms with Crippen LogP contribution in [0, 0.1) is 11.8 Å². The van der Waals surface area contributed by atoms with Gasteiger partial charge in [0.15, 0.2) is 0 Å². The van der Waals surface area contributed by atoms with Gasteiger partial charge in [-0.1, -0.05) is 38.3 Å². The zero-order chi connectivity index (χ0) is 14.0. The quantitative estimate of drug-likeness (QED) is 0.868. The van der Waals surface area contributed by atoms with E-state index in [9.17, 15) is 9.59 Å². The van der Waals surface area contributed by atoms with Gasteiger partial charge in [-0.25, -0.2) is 4.79 Å². The summed E-state index contributed by atoms with van der Waals surface area (Å²) in [7, 11) is 0. The summed E-state index contributed by atoms with van der Waals surface area (Å²) in [5, 5.41) is 0.186. The van der Waals surface area contributed by atoms with Crippen molar-refractivity contribution in [2.75, 3.05) is 0 Å². The Morgan fingerprint density at radius 3 is 2.47 bits per heavy atom. The number of aromatic amines is 1. The summed E-state index contributed by atoms with van der Waals surface area (Å²) in [6.45, 7) is 4.64. The maximum Gasteiger partial charge on any atom is 0.329 e. The Labute approximate surface area is 117 Å². The highest BCUT2D eigenvalue weighted by Gasteiger charge is 2.21. The lowest BCUT2D eigenvalue weighted by Crippen LogP contribution is -2.39. The van der Waals surface area contributed by atoms with Crippen LogP contribution in [0.3, 0.4) is 0 Å². The van der Waals surface area contributed by atoms with E-state index >= 15 is 0 Å². The number of H-pyrrole nitrogens is 1. The van der Waals surface area contributed by atoms with Crippen molar-refractivity contribution in [3.63, 3.8) is 0 Å². The lowest BCUT2D eigenvalue weighted by atomic mass is 9.83. The van der Waals surface area contributed by atoms with Crippen LogP contribution in [0.2, 0.25) is 5.15 Å². The highest BCUT2D eigenvalue weighted by molar-refractivity contribution is 6.30. The Morgan fingerprint density at radius 2 is 1.89 bits per heavy atom. The second-order valence-electron chi connectivity index (χ2n) is 5.62. The molecule has 0 aromatic carbocycles. The van der Waals surface area contributed by atoms with Crippen molar-refractivity contribution in [1.29, 1.82) is 0 Å². The summed E-state index contributed by atoms with van der Waals surface area (Å²) in [5.74, 6) is 1.20. The molecule has 1 aliphatic rings. The molecule has 0 bridgehead atoms. The summed E-state index contributed by atoms with van der Waals surface area (Å²) >= 11 is 5.90. The van der Waals surface area contributed by atoms with Crippen molar-refractivity contribution < 1.29 is 0 Å². The largest absolute Gasteiger partial charge is 0.329 e. The third kappa shape index (κ3) is 3.11. The number of nitrogens with zero attached hydrogens (tertiary/aromatic N) is 1. The molecule has 1 heterocycles. The van der Waals surface area contributed by atoms with Crippen molar-refractivity contribution in [1.82, 2.24) is 9.55 Å². The molecule has 2 rings (SSSR count). The molecule has 0 unspecified atom stereocenters. The van der Waals surface area contributed by atoms with Crippen molar-refractivity contribution in [3.05, 3.63) is 31.6 Å². The molecular formula is C14H21ClN2O2. The molecule has 0 amide bonds. The molecule has 0 atom stereocenters. The highest BCUT2D eigenvalue weighted by Crippen LogP contribution is 2.28. The van der Waals surface area contributed by atoms with Crippen LogP contribution in [-0.4, -0.2) is 9.55 Å². The van der Waals surface area contributed by atoms with Crippen LogP contribution in [0.15, 0.2) is 9.59 Å². The normalized spacial score (nSPS) is 23.5. The average molecular weight is 285 g/mol. The molecule has 5 heteroatoms.